The third kappa shape index (κ3) is 2.47. The number of aliphatic hydroxyl groups is 1. The van der Waals surface area contributed by atoms with E-state index in [-0.39, 0.29) is 12.6 Å². The maximum Gasteiger partial charge on any atom is 0.243 e. The highest BCUT2D eigenvalue weighted by atomic mass is 79.9. The molecule has 1 atom stereocenters. The number of nitrogens with zero attached hydrogens (tertiary/aromatic N) is 1. The lowest BCUT2D eigenvalue weighted by Gasteiger charge is -2.23. The van der Waals surface area contributed by atoms with E-state index in [9.17, 15) is 13.5 Å². The fraction of sp³-hybridized carbons (Fsp3) is 0.500. The average Bonchev–Trinajstić information content (AvgIpc) is 2.81. The summed E-state index contributed by atoms with van der Waals surface area (Å²) >= 11 is 3.30. The number of benzene rings is 1. The molecular weight excluding hydrogens is 318 g/mol. The second-order valence-corrected chi connectivity index (χ2v) is 7.28. The Morgan fingerprint density at radius 1 is 1.50 bits per heavy atom. The standard InChI is InChI=1S/C12H16BrNO3S/c1-9-4-5-10(13)7-12(9)18(16,17)14-6-2-3-11(14)8-15/h4-5,7,11,15H,2-3,6,8H2,1H3. The summed E-state index contributed by atoms with van der Waals surface area (Å²) in [6.45, 7) is 2.15. The van der Waals surface area contributed by atoms with Crippen molar-refractivity contribution in [3.63, 3.8) is 0 Å². The van der Waals surface area contributed by atoms with Crippen molar-refractivity contribution in [2.45, 2.75) is 30.7 Å². The van der Waals surface area contributed by atoms with Crippen molar-refractivity contribution in [3.8, 4) is 0 Å². The Morgan fingerprint density at radius 3 is 2.89 bits per heavy atom. The molecule has 0 bridgehead atoms. The molecule has 1 aromatic rings. The second-order valence-electron chi connectivity index (χ2n) is 4.50. The lowest BCUT2D eigenvalue weighted by atomic mass is 10.2. The summed E-state index contributed by atoms with van der Waals surface area (Å²) in [5.74, 6) is 0. The normalized spacial score (nSPS) is 21.4. The first-order valence-corrected chi connectivity index (χ1v) is 8.09. The van der Waals surface area contributed by atoms with E-state index in [0.29, 0.717) is 11.4 Å². The molecule has 1 unspecified atom stereocenters. The molecule has 1 heterocycles. The summed E-state index contributed by atoms with van der Waals surface area (Å²) in [4.78, 5) is 0.317. The zero-order valence-corrected chi connectivity index (χ0v) is 12.5. The molecule has 0 aliphatic carbocycles. The van der Waals surface area contributed by atoms with Crippen LogP contribution in [0.1, 0.15) is 18.4 Å². The summed E-state index contributed by atoms with van der Waals surface area (Å²) in [6.07, 6.45) is 1.53. The number of rotatable bonds is 3. The predicted octanol–water partition coefficient (Wildman–Crippen LogP) is 1.90. The van der Waals surface area contributed by atoms with Gasteiger partial charge in [0.15, 0.2) is 0 Å². The lowest BCUT2D eigenvalue weighted by molar-refractivity contribution is 0.213. The molecular formula is C12H16BrNO3S. The minimum absolute atomic E-state index is 0.119. The fourth-order valence-electron chi connectivity index (χ4n) is 2.29. The van der Waals surface area contributed by atoms with Crippen molar-refractivity contribution in [3.05, 3.63) is 28.2 Å². The van der Waals surface area contributed by atoms with Gasteiger partial charge in [-0.2, -0.15) is 4.31 Å². The molecule has 4 nitrogen and oxygen atoms in total. The van der Waals surface area contributed by atoms with Crippen LogP contribution >= 0.6 is 15.9 Å². The van der Waals surface area contributed by atoms with E-state index in [4.69, 9.17) is 0 Å². The first kappa shape index (κ1) is 14.0. The molecule has 0 aromatic heterocycles. The molecule has 2 rings (SSSR count). The van der Waals surface area contributed by atoms with Gasteiger partial charge in [-0.05, 0) is 37.5 Å². The Kier molecular flexibility index (Phi) is 4.11. The van der Waals surface area contributed by atoms with Crippen LogP contribution in [0, 0.1) is 6.92 Å². The van der Waals surface area contributed by atoms with Gasteiger partial charge in [-0.3, -0.25) is 0 Å². The Labute approximate surface area is 116 Å². The maximum absolute atomic E-state index is 12.6. The molecule has 1 fully saturated rings. The summed E-state index contributed by atoms with van der Waals surface area (Å²) in [5.41, 5.74) is 0.724. The van der Waals surface area contributed by atoms with Crippen LogP contribution in [0.5, 0.6) is 0 Å². The van der Waals surface area contributed by atoms with Crippen LogP contribution in [0.25, 0.3) is 0 Å². The molecule has 1 saturated heterocycles. The molecule has 0 amide bonds. The molecule has 1 aliphatic rings. The van der Waals surface area contributed by atoms with Gasteiger partial charge >= 0.3 is 0 Å². The van der Waals surface area contributed by atoms with Gasteiger partial charge in [-0.25, -0.2) is 8.42 Å². The summed E-state index contributed by atoms with van der Waals surface area (Å²) in [6, 6.07) is 4.94. The Hall–Kier alpha value is -0.430. The Bertz CT molecular complexity index is 544. The quantitative estimate of drug-likeness (QED) is 0.919. The lowest BCUT2D eigenvalue weighted by Crippen LogP contribution is -2.37. The summed E-state index contributed by atoms with van der Waals surface area (Å²) in [7, 11) is -3.51. The van der Waals surface area contributed by atoms with Crippen molar-refractivity contribution in [2.24, 2.45) is 0 Å². The highest BCUT2D eigenvalue weighted by molar-refractivity contribution is 9.10. The number of aliphatic hydroxyl groups excluding tert-OH is 1. The van der Waals surface area contributed by atoms with E-state index in [1.807, 2.05) is 6.07 Å². The molecule has 18 heavy (non-hydrogen) atoms. The van der Waals surface area contributed by atoms with E-state index in [2.05, 4.69) is 15.9 Å². The van der Waals surface area contributed by atoms with Crippen LogP contribution in [-0.2, 0) is 10.0 Å². The fourth-order valence-corrected chi connectivity index (χ4v) is 4.74. The topological polar surface area (TPSA) is 57.6 Å². The van der Waals surface area contributed by atoms with Crippen LogP contribution in [0.15, 0.2) is 27.6 Å². The monoisotopic (exact) mass is 333 g/mol. The third-order valence-electron chi connectivity index (χ3n) is 3.27. The SMILES string of the molecule is Cc1ccc(Br)cc1S(=O)(=O)N1CCCC1CO. The number of halogens is 1. The van der Waals surface area contributed by atoms with Crippen molar-refractivity contribution in [1.82, 2.24) is 4.31 Å². The van der Waals surface area contributed by atoms with Gasteiger partial charge < -0.3 is 5.11 Å². The van der Waals surface area contributed by atoms with Crippen LogP contribution in [0.2, 0.25) is 0 Å². The van der Waals surface area contributed by atoms with Crippen molar-refractivity contribution >= 4 is 26.0 Å². The van der Waals surface area contributed by atoms with E-state index < -0.39 is 10.0 Å². The van der Waals surface area contributed by atoms with E-state index in [1.54, 1.807) is 19.1 Å². The van der Waals surface area contributed by atoms with Crippen molar-refractivity contribution in [1.29, 1.82) is 0 Å². The number of hydrogen-bond donors (Lipinski definition) is 1. The van der Waals surface area contributed by atoms with Crippen LogP contribution in [0.3, 0.4) is 0 Å². The molecule has 6 heteroatoms. The van der Waals surface area contributed by atoms with Gasteiger partial charge in [0.1, 0.15) is 0 Å². The first-order valence-electron chi connectivity index (χ1n) is 5.85. The second kappa shape index (κ2) is 5.28. The average molecular weight is 334 g/mol. The van der Waals surface area contributed by atoms with Gasteiger partial charge in [0, 0.05) is 17.1 Å². The van der Waals surface area contributed by atoms with E-state index in [1.165, 1.54) is 4.31 Å². The van der Waals surface area contributed by atoms with Gasteiger partial charge in [0.25, 0.3) is 0 Å². The predicted molar refractivity (Wildman–Crippen MR) is 72.9 cm³/mol. The minimum Gasteiger partial charge on any atom is -0.395 e. The van der Waals surface area contributed by atoms with Gasteiger partial charge in [0.05, 0.1) is 11.5 Å². The molecule has 0 spiro atoms. The zero-order valence-electron chi connectivity index (χ0n) is 10.1. The Morgan fingerprint density at radius 2 is 2.22 bits per heavy atom. The van der Waals surface area contributed by atoms with Gasteiger partial charge in [-0.1, -0.05) is 22.0 Å². The molecule has 1 aliphatic heterocycles. The van der Waals surface area contributed by atoms with Crippen LogP contribution < -0.4 is 0 Å². The number of aryl methyl sites for hydroxylation is 1. The van der Waals surface area contributed by atoms with Gasteiger partial charge in [-0.15, -0.1) is 0 Å². The first-order chi connectivity index (χ1) is 8.46. The van der Waals surface area contributed by atoms with E-state index >= 15 is 0 Å². The molecule has 0 saturated carbocycles. The zero-order chi connectivity index (χ0) is 13.3. The minimum atomic E-state index is -3.51. The molecule has 1 aromatic carbocycles. The van der Waals surface area contributed by atoms with Gasteiger partial charge in [0.2, 0.25) is 10.0 Å². The highest BCUT2D eigenvalue weighted by Gasteiger charge is 2.35. The van der Waals surface area contributed by atoms with Crippen LogP contribution in [-0.4, -0.2) is 37.0 Å². The number of sulfonamides is 1. The summed E-state index contributed by atoms with van der Waals surface area (Å²) < 4.78 is 27.3. The highest BCUT2D eigenvalue weighted by Crippen LogP contribution is 2.29. The molecule has 100 valence electrons. The Balaban J connectivity index is 2.45. The largest absolute Gasteiger partial charge is 0.395 e. The molecule has 0 radical (unpaired) electrons. The van der Waals surface area contributed by atoms with Crippen LogP contribution in [0.4, 0.5) is 0 Å². The number of hydrogen-bond acceptors (Lipinski definition) is 3. The smallest absolute Gasteiger partial charge is 0.243 e. The third-order valence-corrected chi connectivity index (χ3v) is 5.86. The summed E-state index contributed by atoms with van der Waals surface area (Å²) in [5, 5.41) is 9.26. The van der Waals surface area contributed by atoms with E-state index in [0.717, 1.165) is 22.9 Å². The maximum atomic E-state index is 12.6. The molecule has 1 N–H and O–H groups in total. The van der Waals surface area contributed by atoms with Crippen molar-refractivity contribution in [2.75, 3.05) is 13.2 Å². The van der Waals surface area contributed by atoms with Crippen molar-refractivity contribution < 1.29 is 13.5 Å².